The van der Waals surface area contributed by atoms with Gasteiger partial charge in [-0.05, 0) is 194 Å². The molecule has 0 unspecified atom stereocenters. The summed E-state index contributed by atoms with van der Waals surface area (Å²) in [7, 11) is 0. The largest absolute Gasteiger partial charge is 0.0616 e. The minimum atomic E-state index is 1.31. The Balaban J connectivity index is 0.0000000882. The summed E-state index contributed by atoms with van der Waals surface area (Å²) in [5, 5.41) is 48.0. The second kappa shape index (κ2) is 28.5. The molecule has 0 bridgehead atoms. The minimum Gasteiger partial charge on any atom is -0.0616 e. The van der Waals surface area contributed by atoms with Crippen molar-refractivity contribution in [3.05, 3.63) is 437 Å². The third-order valence-electron chi connectivity index (χ3n) is 21.9. The van der Waals surface area contributed by atoms with Crippen LogP contribution in [0.15, 0.2) is 437 Å². The Hall–Kier alpha value is -14.0. The Morgan fingerprint density at radius 1 is 0.0648 bits per heavy atom. The van der Waals surface area contributed by atoms with Gasteiger partial charge in [0.05, 0.1) is 0 Å². The van der Waals surface area contributed by atoms with Crippen molar-refractivity contribution < 1.29 is 0 Å². The van der Waals surface area contributed by atoms with E-state index in [1.54, 1.807) is 0 Å². The van der Waals surface area contributed by atoms with E-state index in [9.17, 15) is 0 Å². The van der Waals surface area contributed by atoms with Crippen LogP contribution >= 0.6 is 0 Å². The van der Waals surface area contributed by atoms with Crippen molar-refractivity contribution in [3.63, 3.8) is 0 Å². The molecule has 0 fully saturated rings. The summed E-state index contributed by atoms with van der Waals surface area (Å²) in [6.45, 7) is 0. The molecule has 0 N–H and O–H groups in total. The fourth-order valence-electron chi connectivity index (χ4n) is 16.9. The van der Waals surface area contributed by atoms with Crippen LogP contribution in [-0.4, -0.2) is 0 Å². The second-order valence-electron chi connectivity index (χ2n) is 27.9. The maximum Gasteiger partial charge on any atom is -0.00268 e. The monoisotopic (exact) mass is 1370 g/mol. The predicted molar refractivity (Wildman–Crippen MR) is 474 cm³/mol. The van der Waals surface area contributed by atoms with Gasteiger partial charge in [0, 0.05) is 0 Å². The van der Waals surface area contributed by atoms with Crippen LogP contribution in [0.3, 0.4) is 0 Å². The van der Waals surface area contributed by atoms with Crippen LogP contribution in [0, 0.1) is 0 Å². The van der Waals surface area contributed by atoms with Gasteiger partial charge in [-0.2, -0.15) is 0 Å². The molecule has 0 aromatic heterocycles. The van der Waals surface area contributed by atoms with Gasteiger partial charge in [0.1, 0.15) is 0 Å². The van der Waals surface area contributed by atoms with Gasteiger partial charge in [-0.3, -0.25) is 0 Å². The Morgan fingerprint density at radius 2 is 0.148 bits per heavy atom. The van der Waals surface area contributed by atoms with Gasteiger partial charge in [-0.15, -0.1) is 0 Å². The smallest absolute Gasteiger partial charge is 0.00268 e. The highest BCUT2D eigenvalue weighted by molar-refractivity contribution is 6.29. The van der Waals surface area contributed by atoms with Crippen LogP contribution in [-0.2, 0) is 0 Å². The Bertz CT molecular complexity index is 5920. The summed E-state index contributed by atoms with van der Waals surface area (Å²) < 4.78 is 0. The van der Waals surface area contributed by atoms with Crippen molar-refractivity contribution in [1.29, 1.82) is 0 Å². The van der Waals surface area contributed by atoms with E-state index in [-0.39, 0.29) is 0 Å². The zero-order valence-electron chi connectivity index (χ0n) is 59.6. The highest BCUT2D eigenvalue weighted by atomic mass is 14.2. The van der Waals surface area contributed by atoms with E-state index in [1.165, 1.54) is 194 Å². The Morgan fingerprint density at radius 3 is 0.259 bits per heavy atom. The quantitative estimate of drug-likeness (QED) is 0.133. The van der Waals surface area contributed by atoms with Crippen LogP contribution in [0.1, 0.15) is 0 Å². The third kappa shape index (κ3) is 11.9. The van der Waals surface area contributed by atoms with Crippen molar-refractivity contribution in [1.82, 2.24) is 0 Å². The average molecular weight is 1370 g/mol. The molecule has 0 heteroatoms. The van der Waals surface area contributed by atoms with E-state index in [2.05, 4.69) is 437 Å². The van der Waals surface area contributed by atoms with E-state index in [4.69, 9.17) is 0 Å². The van der Waals surface area contributed by atoms with Crippen LogP contribution in [0.5, 0.6) is 0 Å². The van der Waals surface area contributed by atoms with Crippen molar-refractivity contribution >= 4 is 194 Å². The van der Waals surface area contributed by atoms with E-state index in [0.29, 0.717) is 0 Å². The first-order chi connectivity index (χ1) is 53.6. The zero-order valence-corrected chi connectivity index (χ0v) is 59.6. The summed E-state index contributed by atoms with van der Waals surface area (Å²) in [6, 6.07) is 156. The molecule has 24 aromatic rings. The molecule has 0 amide bonds. The summed E-state index contributed by atoms with van der Waals surface area (Å²) >= 11 is 0. The Labute approximate surface area is 626 Å². The van der Waals surface area contributed by atoms with Crippen LogP contribution in [0.2, 0.25) is 0 Å². The summed E-state index contributed by atoms with van der Waals surface area (Å²) in [6.07, 6.45) is 0. The molecule has 0 aliphatic carbocycles. The molecule has 0 radical (unpaired) electrons. The molecule has 0 spiro atoms. The van der Waals surface area contributed by atoms with Gasteiger partial charge in [0.15, 0.2) is 0 Å². The number of hydrogen-bond donors (Lipinski definition) is 0. The highest BCUT2D eigenvalue weighted by Gasteiger charge is 2.12. The predicted octanol–water partition coefficient (Wildman–Crippen LogP) is 30.9. The van der Waals surface area contributed by atoms with Crippen LogP contribution in [0.4, 0.5) is 0 Å². The highest BCUT2D eigenvalue weighted by Crippen LogP contribution is 2.40. The lowest BCUT2D eigenvalue weighted by Gasteiger charge is -2.09. The molecule has 24 aromatic carbocycles. The van der Waals surface area contributed by atoms with Crippen molar-refractivity contribution in [2.75, 3.05) is 0 Å². The summed E-state index contributed by atoms with van der Waals surface area (Å²) in [5.41, 5.74) is 0. The number of rotatable bonds is 0. The molecular formula is C108H72. The molecule has 0 heterocycles. The molecular weight excluding hydrogens is 1300 g/mol. The normalized spacial score (nSPS) is 11.3. The molecule has 0 nitrogen and oxygen atoms in total. The van der Waals surface area contributed by atoms with Gasteiger partial charge in [-0.25, -0.2) is 0 Å². The number of benzene rings is 24. The van der Waals surface area contributed by atoms with E-state index >= 15 is 0 Å². The minimum absolute atomic E-state index is 1.31. The lowest BCUT2D eigenvalue weighted by Crippen LogP contribution is -1.81. The van der Waals surface area contributed by atoms with Gasteiger partial charge in [-0.1, -0.05) is 437 Å². The maximum atomic E-state index is 2.21. The van der Waals surface area contributed by atoms with Gasteiger partial charge in [0.2, 0.25) is 0 Å². The molecule has 0 aliphatic heterocycles. The SMILES string of the molecule is c1ccc2c(c1)c1ccccc1c1ccccc21.c1ccc2c(c1)c1ccccc1c1ccccc21.c1ccc2c(c1)c1ccccc1c1ccccc21.c1ccc2c(c1)ccc1ccc3ccccc3c12.c1ccc2c(c1)ccc1ccc3ccccc3c12.c1ccc2c(c1)ccc1ccc3ccccc3c12. The fraction of sp³-hybridized carbons (Fsp3) is 0. The molecule has 0 saturated heterocycles. The summed E-state index contributed by atoms with van der Waals surface area (Å²) in [4.78, 5) is 0. The molecule has 24 rings (SSSR count). The van der Waals surface area contributed by atoms with Crippen molar-refractivity contribution in [2.45, 2.75) is 0 Å². The van der Waals surface area contributed by atoms with Crippen molar-refractivity contribution in [3.8, 4) is 0 Å². The topological polar surface area (TPSA) is 0 Å². The molecule has 0 saturated carbocycles. The lowest BCUT2D eigenvalue weighted by atomic mass is 9.95. The van der Waals surface area contributed by atoms with Crippen LogP contribution < -0.4 is 0 Å². The van der Waals surface area contributed by atoms with Crippen molar-refractivity contribution in [2.24, 2.45) is 0 Å². The number of hydrogen-bond acceptors (Lipinski definition) is 0. The van der Waals surface area contributed by atoms with Gasteiger partial charge in [0.25, 0.3) is 0 Å². The lowest BCUT2D eigenvalue weighted by molar-refractivity contribution is 1.77. The first kappa shape index (κ1) is 64.8. The van der Waals surface area contributed by atoms with E-state index in [0.717, 1.165) is 0 Å². The second-order valence-corrected chi connectivity index (χ2v) is 27.9. The van der Waals surface area contributed by atoms with E-state index < -0.39 is 0 Å². The first-order valence-electron chi connectivity index (χ1n) is 37.4. The zero-order chi connectivity index (χ0) is 71.7. The van der Waals surface area contributed by atoms with Gasteiger partial charge < -0.3 is 0 Å². The number of fused-ring (bicyclic) bond motifs is 33. The molecule has 0 atom stereocenters. The van der Waals surface area contributed by atoms with Gasteiger partial charge >= 0.3 is 0 Å². The molecule has 108 heavy (non-hydrogen) atoms. The summed E-state index contributed by atoms with van der Waals surface area (Å²) in [5.74, 6) is 0. The standard InChI is InChI=1S/6C18H12/c3*1-3-7-16-13(5-1)9-11-15-12-10-14-6-2-4-8-17(14)18(15)16;3*1-2-8-14-13(7-1)15-9-3-4-11-17(15)18-12-6-5-10-16(14)18/h6*1-12H. The van der Waals surface area contributed by atoms with Crippen LogP contribution in [0.25, 0.3) is 194 Å². The Kier molecular flexibility index (Phi) is 17.1. The molecule has 0 aliphatic rings. The molecule has 504 valence electrons. The van der Waals surface area contributed by atoms with E-state index in [1.807, 2.05) is 0 Å². The average Bonchev–Trinajstić information content (AvgIpc) is 0.710. The third-order valence-corrected chi connectivity index (χ3v) is 21.9. The first-order valence-corrected chi connectivity index (χ1v) is 37.4. The fourth-order valence-corrected chi connectivity index (χ4v) is 16.9. The maximum absolute atomic E-state index is 2.21.